The number of methoxy groups -OCH3 is 1. The highest BCUT2D eigenvalue weighted by Crippen LogP contribution is 2.39. The SMILES string of the molecule is [C-]#[N+]c1ccc(C(O)(c2ccc3nc(OC)c(Cc4ccc(-n5cccn5)cc4)c(C#N)c3c2)c2cncn2C)cc1. The van der Waals surface area contributed by atoms with Gasteiger partial charge >= 0.3 is 0 Å². The van der Waals surface area contributed by atoms with Crippen molar-refractivity contribution in [2.75, 3.05) is 7.11 Å². The van der Waals surface area contributed by atoms with E-state index in [1.807, 2.05) is 43.6 Å². The number of hydrogen-bond acceptors (Lipinski definition) is 6. The van der Waals surface area contributed by atoms with Crippen LogP contribution in [-0.2, 0) is 19.1 Å². The molecule has 9 nitrogen and oxygen atoms in total. The van der Waals surface area contributed by atoms with Crippen LogP contribution in [-0.4, -0.2) is 36.5 Å². The highest BCUT2D eigenvalue weighted by atomic mass is 16.5. The van der Waals surface area contributed by atoms with Crippen LogP contribution < -0.4 is 4.74 Å². The van der Waals surface area contributed by atoms with Gasteiger partial charge in [0.2, 0.25) is 5.88 Å². The van der Waals surface area contributed by atoms with Crippen LogP contribution in [0.1, 0.15) is 33.5 Å². The highest BCUT2D eigenvalue weighted by Gasteiger charge is 2.37. The lowest BCUT2D eigenvalue weighted by Gasteiger charge is -2.30. The summed E-state index contributed by atoms with van der Waals surface area (Å²) >= 11 is 0. The Hall–Kier alpha value is -5.77. The van der Waals surface area contributed by atoms with Crippen LogP contribution in [0.3, 0.4) is 0 Å². The van der Waals surface area contributed by atoms with E-state index in [9.17, 15) is 10.4 Å². The first-order valence-electron chi connectivity index (χ1n) is 13.1. The summed E-state index contributed by atoms with van der Waals surface area (Å²) in [4.78, 5) is 12.5. The van der Waals surface area contributed by atoms with Crippen molar-refractivity contribution in [3.05, 3.63) is 143 Å². The van der Waals surface area contributed by atoms with Gasteiger partial charge in [-0.15, -0.1) is 0 Å². The Morgan fingerprint density at radius 3 is 2.45 bits per heavy atom. The number of aromatic nitrogens is 5. The van der Waals surface area contributed by atoms with Gasteiger partial charge in [0, 0.05) is 36.8 Å². The molecule has 0 spiro atoms. The van der Waals surface area contributed by atoms with Gasteiger partial charge in [-0.05, 0) is 47.0 Å². The summed E-state index contributed by atoms with van der Waals surface area (Å²) < 4.78 is 9.19. The van der Waals surface area contributed by atoms with Crippen LogP contribution >= 0.6 is 0 Å². The Bertz CT molecular complexity index is 1980. The molecular formula is C33H25N7O2. The zero-order chi connectivity index (χ0) is 29.3. The first-order valence-corrected chi connectivity index (χ1v) is 13.1. The predicted octanol–water partition coefficient (Wildman–Crippen LogP) is 5.46. The van der Waals surface area contributed by atoms with Crippen molar-refractivity contribution in [3.63, 3.8) is 0 Å². The van der Waals surface area contributed by atoms with Crippen molar-refractivity contribution in [3.8, 4) is 17.6 Å². The number of pyridine rings is 1. The molecule has 3 aromatic carbocycles. The van der Waals surface area contributed by atoms with Gasteiger partial charge in [-0.1, -0.05) is 42.5 Å². The zero-order valence-electron chi connectivity index (χ0n) is 22.9. The number of nitrogens with zero attached hydrogens (tertiary/aromatic N) is 7. The van der Waals surface area contributed by atoms with Gasteiger partial charge in [0.25, 0.3) is 0 Å². The fraction of sp³-hybridized carbons (Fsp3) is 0.121. The number of fused-ring (bicyclic) bond motifs is 1. The van der Waals surface area contributed by atoms with Gasteiger partial charge < -0.3 is 14.4 Å². The molecule has 0 aliphatic rings. The molecule has 0 aliphatic carbocycles. The van der Waals surface area contributed by atoms with E-state index in [1.165, 1.54) is 0 Å². The van der Waals surface area contributed by atoms with Gasteiger partial charge in [0.1, 0.15) is 6.07 Å². The number of ether oxygens (including phenoxy) is 1. The monoisotopic (exact) mass is 551 g/mol. The zero-order valence-corrected chi connectivity index (χ0v) is 22.9. The minimum Gasteiger partial charge on any atom is -0.481 e. The summed E-state index contributed by atoms with van der Waals surface area (Å²) in [6.07, 6.45) is 7.26. The van der Waals surface area contributed by atoms with Crippen LogP contribution in [0.4, 0.5) is 5.69 Å². The smallest absolute Gasteiger partial charge is 0.218 e. The normalized spacial score (nSPS) is 12.4. The average Bonchev–Trinajstić information content (AvgIpc) is 3.73. The molecule has 9 heteroatoms. The molecule has 6 rings (SSSR count). The number of benzene rings is 3. The Kier molecular flexibility index (Phi) is 6.71. The van der Waals surface area contributed by atoms with Crippen molar-refractivity contribution in [2.45, 2.75) is 12.0 Å². The van der Waals surface area contributed by atoms with E-state index in [1.54, 1.807) is 77.5 Å². The molecule has 204 valence electrons. The third-order valence-corrected chi connectivity index (χ3v) is 7.46. The first-order chi connectivity index (χ1) is 20.5. The van der Waals surface area contributed by atoms with E-state index in [4.69, 9.17) is 16.3 Å². The fourth-order valence-corrected chi connectivity index (χ4v) is 5.30. The first kappa shape index (κ1) is 26.5. The second-order valence-electron chi connectivity index (χ2n) is 9.87. The van der Waals surface area contributed by atoms with E-state index in [0.29, 0.717) is 56.8 Å². The number of hydrogen-bond donors (Lipinski definition) is 1. The molecule has 1 atom stereocenters. The number of rotatable bonds is 7. The predicted molar refractivity (Wildman–Crippen MR) is 157 cm³/mol. The van der Waals surface area contributed by atoms with Crippen LogP contribution in [0.5, 0.6) is 5.88 Å². The van der Waals surface area contributed by atoms with Gasteiger partial charge in [-0.2, -0.15) is 10.4 Å². The van der Waals surface area contributed by atoms with E-state index in [-0.39, 0.29) is 0 Å². The largest absolute Gasteiger partial charge is 0.481 e. The van der Waals surface area contributed by atoms with Crippen LogP contribution in [0.2, 0.25) is 0 Å². The Morgan fingerprint density at radius 2 is 1.83 bits per heavy atom. The fourth-order valence-electron chi connectivity index (χ4n) is 5.30. The lowest BCUT2D eigenvalue weighted by molar-refractivity contribution is 0.117. The molecule has 0 aliphatic heterocycles. The van der Waals surface area contributed by atoms with Crippen molar-refractivity contribution in [2.24, 2.45) is 7.05 Å². The summed E-state index contributed by atoms with van der Waals surface area (Å²) in [6, 6.07) is 24.4. The number of nitriles is 1. The molecule has 42 heavy (non-hydrogen) atoms. The standard InChI is InChI=1S/C33H25N7O2/c1-35-25-10-7-23(8-11-25)33(41,31-20-36-21-39(31)2)24-9-14-30-27(18-24)29(19-34)28(32(38-30)42-3)17-22-5-12-26(13-6-22)40-16-4-15-37-40/h4-16,18,20-21,41H,17H2,2-3H3. The minimum absolute atomic E-state index is 0.375. The second-order valence-corrected chi connectivity index (χ2v) is 9.87. The molecule has 0 amide bonds. The molecule has 1 N–H and O–H groups in total. The van der Waals surface area contributed by atoms with Gasteiger partial charge in [-0.25, -0.2) is 19.5 Å². The van der Waals surface area contributed by atoms with E-state index >= 15 is 0 Å². The van der Waals surface area contributed by atoms with Crippen LogP contribution in [0.15, 0.2) is 97.7 Å². The number of aryl methyl sites for hydroxylation is 1. The molecule has 0 bridgehead atoms. The maximum absolute atomic E-state index is 12.4. The molecule has 3 aromatic heterocycles. The minimum atomic E-state index is -1.62. The van der Waals surface area contributed by atoms with Gasteiger partial charge in [0.15, 0.2) is 11.3 Å². The maximum Gasteiger partial charge on any atom is 0.218 e. The second kappa shape index (κ2) is 10.7. The quantitative estimate of drug-likeness (QED) is 0.264. The summed E-state index contributed by atoms with van der Waals surface area (Å²) in [5.41, 5.74) is 4.04. The Morgan fingerprint density at radius 1 is 1.07 bits per heavy atom. The Labute approximate surface area is 242 Å². The van der Waals surface area contributed by atoms with Crippen LogP contribution in [0, 0.1) is 17.9 Å². The van der Waals surface area contributed by atoms with Gasteiger partial charge in [0.05, 0.1) is 48.7 Å². The molecule has 0 fully saturated rings. The topological polar surface area (TPSA) is 106 Å². The molecule has 1 unspecified atom stereocenters. The molecule has 0 saturated carbocycles. The Balaban J connectivity index is 1.50. The average molecular weight is 552 g/mol. The maximum atomic E-state index is 12.4. The van der Waals surface area contributed by atoms with E-state index in [0.717, 1.165) is 11.3 Å². The lowest BCUT2D eigenvalue weighted by Crippen LogP contribution is -2.31. The third kappa shape index (κ3) is 4.44. The third-order valence-electron chi connectivity index (χ3n) is 7.46. The highest BCUT2D eigenvalue weighted by molar-refractivity contribution is 5.88. The molecule has 0 radical (unpaired) electrons. The summed E-state index contributed by atoms with van der Waals surface area (Å²) in [5, 5.41) is 27.7. The summed E-state index contributed by atoms with van der Waals surface area (Å²) in [6.45, 7) is 7.32. The van der Waals surface area contributed by atoms with Crippen LogP contribution in [0.25, 0.3) is 21.4 Å². The molecule has 3 heterocycles. The van der Waals surface area contributed by atoms with Gasteiger partial charge in [-0.3, -0.25) is 0 Å². The summed E-state index contributed by atoms with van der Waals surface area (Å²) in [7, 11) is 3.35. The summed E-state index contributed by atoms with van der Waals surface area (Å²) in [5.74, 6) is 0.375. The number of imidazole rings is 1. The molecular weight excluding hydrogens is 526 g/mol. The number of aliphatic hydroxyl groups is 1. The van der Waals surface area contributed by atoms with Crippen molar-refractivity contribution < 1.29 is 9.84 Å². The van der Waals surface area contributed by atoms with Crippen molar-refractivity contribution >= 4 is 16.6 Å². The lowest BCUT2D eigenvalue weighted by atomic mass is 9.82. The molecule has 0 saturated heterocycles. The van der Waals surface area contributed by atoms with E-state index < -0.39 is 5.60 Å². The molecule has 6 aromatic rings. The van der Waals surface area contributed by atoms with Crippen molar-refractivity contribution in [1.29, 1.82) is 5.26 Å². The van der Waals surface area contributed by atoms with E-state index in [2.05, 4.69) is 21.0 Å². The van der Waals surface area contributed by atoms with Crippen molar-refractivity contribution in [1.82, 2.24) is 24.3 Å².